The van der Waals surface area contributed by atoms with Crippen LogP contribution in [0.15, 0.2) is 29.6 Å². The number of benzene rings is 1. The Morgan fingerprint density at radius 2 is 1.91 bits per heavy atom. The molecule has 0 spiro atoms. The molecule has 0 unspecified atom stereocenters. The lowest BCUT2D eigenvalue weighted by molar-refractivity contribution is -0.121. The maximum absolute atomic E-state index is 12.4. The molecule has 3 amide bonds. The third kappa shape index (κ3) is 7.18. The molecule has 0 aliphatic carbocycles. The van der Waals surface area contributed by atoms with E-state index in [4.69, 9.17) is 9.47 Å². The Labute approximate surface area is 197 Å². The Bertz CT molecular complexity index is 993. The molecular formula is C23H30N4O5S. The smallest absolute Gasteiger partial charge is 0.410 e. The maximum atomic E-state index is 12.4. The fourth-order valence-corrected chi connectivity index (χ4v) is 4.39. The third-order valence-electron chi connectivity index (χ3n) is 5.06. The van der Waals surface area contributed by atoms with Crippen LogP contribution in [0.5, 0.6) is 5.75 Å². The van der Waals surface area contributed by atoms with E-state index >= 15 is 0 Å². The largest absolute Gasteiger partial charge is 0.497 e. The molecule has 1 aliphatic rings. The van der Waals surface area contributed by atoms with E-state index in [1.165, 1.54) is 11.3 Å². The second-order valence-corrected chi connectivity index (χ2v) is 9.73. The molecule has 1 aromatic heterocycles. The molecule has 1 aromatic carbocycles. The predicted octanol–water partition coefficient (Wildman–Crippen LogP) is 3.27. The van der Waals surface area contributed by atoms with Gasteiger partial charge in [-0.15, -0.1) is 11.3 Å². The first-order valence-corrected chi connectivity index (χ1v) is 11.7. The molecular weight excluding hydrogens is 444 g/mol. The molecule has 9 nitrogen and oxygen atoms in total. The minimum absolute atomic E-state index is 0.107. The number of rotatable bonds is 5. The van der Waals surface area contributed by atoms with Crippen molar-refractivity contribution in [2.75, 3.05) is 20.2 Å². The molecule has 3 rings (SSSR count). The summed E-state index contributed by atoms with van der Waals surface area (Å²) in [7, 11) is 1.56. The Balaban J connectivity index is 1.46. The van der Waals surface area contributed by atoms with E-state index in [2.05, 4.69) is 15.8 Å². The summed E-state index contributed by atoms with van der Waals surface area (Å²) < 4.78 is 10.6. The number of thiazole rings is 1. The monoisotopic (exact) mass is 474 g/mol. The molecule has 10 heteroatoms. The zero-order valence-electron chi connectivity index (χ0n) is 19.3. The number of hydrogen-bond donors (Lipinski definition) is 2. The van der Waals surface area contributed by atoms with Gasteiger partial charge in [-0.2, -0.15) is 0 Å². The molecule has 33 heavy (non-hydrogen) atoms. The zero-order valence-corrected chi connectivity index (χ0v) is 20.2. The first-order valence-electron chi connectivity index (χ1n) is 10.8. The molecule has 0 radical (unpaired) electrons. The van der Waals surface area contributed by atoms with Crippen molar-refractivity contribution < 1.29 is 23.9 Å². The number of carbonyl (C=O) groups excluding carboxylic acids is 3. The van der Waals surface area contributed by atoms with E-state index < -0.39 is 11.5 Å². The standard InChI is InChI=1S/C23H30N4O5S/c1-23(2,3)32-22(30)27-10-8-16(9-11-27)21-24-18(14-33-21)20(29)26-25-19(28)13-15-6-5-7-17(12-15)31-4/h5-7,12,14,16H,8-11,13H2,1-4H3,(H,25,28)(H,26,29). The quantitative estimate of drug-likeness (QED) is 0.644. The van der Waals surface area contributed by atoms with Gasteiger partial charge in [-0.1, -0.05) is 12.1 Å². The molecule has 0 atom stereocenters. The van der Waals surface area contributed by atoms with E-state index in [-0.39, 0.29) is 30.0 Å². The van der Waals surface area contributed by atoms with E-state index in [1.807, 2.05) is 26.8 Å². The topological polar surface area (TPSA) is 110 Å². The Hall–Kier alpha value is -3.14. The summed E-state index contributed by atoms with van der Waals surface area (Å²) in [5.41, 5.74) is 5.34. The number of carbonyl (C=O) groups is 3. The highest BCUT2D eigenvalue weighted by molar-refractivity contribution is 7.09. The molecule has 2 N–H and O–H groups in total. The van der Waals surface area contributed by atoms with E-state index in [1.54, 1.807) is 35.6 Å². The number of piperidine rings is 1. The molecule has 0 bridgehead atoms. The summed E-state index contributed by atoms with van der Waals surface area (Å²) in [4.78, 5) is 42.9. The lowest BCUT2D eigenvalue weighted by Crippen LogP contribution is -2.42. The average molecular weight is 475 g/mol. The molecule has 2 aromatic rings. The van der Waals surface area contributed by atoms with E-state index in [0.29, 0.717) is 18.8 Å². The number of nitrogens with one attached hydrogen (secondary N) is 2. The summed E-state index contributed by atoms with van der Waals surface area (Å²) in [6, 6.07) is 7.17. The number of likely N-dealkylation sites (tertiary alicyclic amines) is 1. The Morgan fingerprint density at radius 3 is 2.58 bits per heavy atom. The van der Waals surface area contributed by atoms with Crippen molar-refractivity contribution in [3.63, 3.8) is 0 Å². The number of hydrazine groups is 1. The summed E-state index contributed by atoms with van der Waals surface area (Å²) in [6.07, 6.45) is 1.32. The Kier molecular flexibility index (Phi) is 7.91. The molecule has 1 fully saturated rings. The van der Waals surface area contributed by atoms with E-state index in [9.17, 15) is 14.4 Å². The fraction of sp³-hybridized carbons (Fsp3) is 0.478. The van der Waals surface area contributed by atoms with Crippen LogP contribution in [0.3, 0.4) is 0 Å². The zero-order chi connectivity index (χ0) is 24.0. The molecule has 1 aliphatic heterocycles. The van der Waals surface area contributed by atoms with Gasteiger partial charge in [-0.25, -0.2) is 9.78 Å². The molecule has 2 heterocycles. The van der Waals surface area contributed by atoms with Crippen molar-refractivity contribution in [2.45, 2.75) is 51.6 Å². The number of amides is 3. The summed E-state index contributed by atoms with van der Waals surface area (Å²) in [5.74, 6) is 0.0263. The van der Waals surface area contributed by atoms with Crippen molar-refractivity contribution in [3.05, 3.63) is 45.9 Å². The highest BCUT2D eigenvalue weighted by Gasteiger charge is 2.29. The number of ether oxygens (including phenoxy) is 2. The van der Waals surface area contributed by atoms with Gasteiger partial charge in [0.25, 0.3) is 5.91 Å². The fourth-order valence-electron chi connectivity index (χ4n) is 3.42. The van der Waals surface area contributed by atoms with Crippen LogP contribution in [0.4, 0.5) is 4.79 Å². The minimum Gasteiger partial charge on any atom is -0.497 e. The number of nitrogens with zero attached hydrogens (tertiary/aromatic N) is 2. The number of methoxy groups -OCH3 is 1. The van der Waals surface area contributed by atoms with Crippen LogP contribution in [-0.4, -0.2) is 53.6 Å². The average Bonchev–Trinajstić information content (AvgIpc) is 3.27. The van der Waals surface area contributed by atoms with Gasteiger partial charge in [-0.3, -0.25) is 20.4 Å². The van der Waals surface area contributed by atoms with Gasteiger partial charge in [0.2, 0.25) is 5.91 Å². The van der Waals surface area contributed by atoms with Crippen LogP contribution in [0.2, 0.25) is 0 Å². The first kappa shape index (κ1) is 24.5. The van der Waals surface area contributed by atoms with Crippen LogP contribution >= 0.6 is 11.3 Å². The van der Waals surface area contributed by atoms with Gasteiger partial charge in [-0.05, 0) is 51.3 Å². The van der Waals surface area contributed by atoms with Crippen LogP contribution in [0.25, 0.3) is 0 Å². The summed E-state index contributed by atoms with van der Waals surface area (Å²) >= 11 is 1.41. The summed E-state index contributed by atoms with van der Waals surface area (Å²) in [5, 5.41) is 2.53. The van der Waals surface area contributed by atoms with Crippen LogP contribution in [0.1, 0.15) is 60.6 Å². The third-order valence-corrected chi connectivity index (χ3v) is 6.07. The van der Waals surface area contributed by atoms with Gasteiger partial charge in [0.15, 0.2) is 0 Å². The molecule has 0 saturated carbocycles. The molecule has 178 valence electrons. The second-order valence-electron chi connectivity index (χ2n) is 8.84. The SMILES string of the molecule is COc1cccc(CC(=O)NNC(=O)c2csc(C3CCN(C(=O)OC(C)(C)C)CC3)n2)c1. The van der Waals surface area contributed by atoms with Crippen molar-refractivity contribution in [2.24, 2.45) is 0 Å². The minimum atomic E-state index is -0.519. The van der Waals surface area contributed by atoms with Crippen LogP contribution in [0, 0.1) is 0 Å². The van der Waals surface area contributed by atoms with Gasteiger partial charge in [0, 0.05) is 24.4 Å². The van der Waals surface area contributed by atoms with Gasteiger partial charge in [0.1, 0.15) is 17.0 Å². The highest BCUT2D eigenvalue weighted by atomic mass is 32.1. The van der Waals surface area contributed by atoms with Crippen LogP contribution < -0.4 is 15.6 Å². The van der Waals surface area contributed by atoms with Gasteiger partial charge in [0.05, 0.1) is 18.5 Å². The normalized spacial score (nSPS) is 14.5. The Morgan fingerprint density at radius 1 is 1.18 bits per heavy atom. The predicted molar refractivity (Wildman–Crippen MR) is 124 cm³/mol. The van der Waals surface area contributed by atoms with Crippen LogP contribution in [-0.2, 0) is 16.0 Å². The maximum Gasteiger partial charge on any atom is 0.410 e. The lowest BCUT2D eigenvalue weighted by atomic mass is 9.98. The first-order chi connectivity index (χ1) is 15.6. The number of hydrogen-bond acceptors (Lipinski definition) is 7. The number of aromatic nitrogens is 1. The lowest BCUT2D eigenvalue weighted by Gasteiger charge is -2.32. The van der Waals surface area contributed by atoms with Crippen molar-refractivity contribution >= 4 is 29.2 Å². The highest BCUT2D eigenvalue weighted by Crippen LogP contribution is 2.30. The van der Waals surface area contributed by atoms with E-state index in [0.717, 1.165) is 23.4 Å². The van der Waals surface area contributed by atoms with Crippen molar-refractivity contribution in [1.29, 1.82) is 0 Å². The van der Waals surface area contributed by atoms with Gasteiger partial charge >= 0.3 is 6.09 Å². The van der Waals surface area contributed by atoms with Gasteiger partial charge < -0.3 is 14.4 Å². The summed E-state index contributed by atoms with van der Waals surface area (Å²) in [6.45, 7) is 6.71. The van der Waals surface area contributed by atoms with Crippen molar-refractivity contribution in [3.8, 4) is 5.75 Å². The second kappa shape index (κ2) is 10.7. The molecule has 1 saturated heterocycles. The van der Waals surface area contributed by atoms with Crippen molar-refractivity contribution in [1.82, 2.24) is 20.7 Å².